The molecule has 0 spiro atoms. The Bertz CT molecular complexity index is 2360. The van der Waals surface area contributed by atoms with Crippen molar-refractivity contribution >= 4 is 72.0 Å². The number of hydrogen-bond donors (Lipinski definition) is 1. The monoisotopic (exact) mass is 876 g/mol. The first-order valence-electron chi connectivity index (χ1n) is 17.2. The Kier molecular flexibility index (Phi) is 12.1. The van der Waals surface area contributed by atoms with Gasteiger partial charge in [-0.25, -0.2) is 28.9 Å². The van der Waals surface area contributed by atoms with Gasteiger partial charge in [0.15, 0.2) is 0 Å². The molecule has 4 heterocycles. The number of carbonyl (C=O) groups excluding carboxylic acids is 3. The number of carbonyl (C=O) groups is 3. The van der Waals surface area contributed by atoms with Crippen LogP contribution in [-0.4, -0.2) is 54.4 Å². The van der Waals surface area contributed by atoms with Gasteiger partial charge in [-0.15, -0.1) is 0 Å². The highest BCUT2D eigenvalue weighted by atomic mass is 79.9. The smallest absolute Gasteiger partial charge is 0.420 e. The van der Waals surface area contributed by atoms with Crippen LogP contribution >= 0.6 is 31.9 Å². The van der Waals surface area contributed by atoms with Crippen molar-refractivity contribution in [3.8, 4) is 23.0 Å². The highest BCUT2D eigenvalue weighted by molar-refractivity contribution is 9.10. The minimum Gasteiger partial charge on any atom is -0.456 e. The van der Waals surface area contributed by atoms with E-state index >= 15 is 0 Å². The number of pyridine rings is 2. The quantitative estimate of drug-likeness (QED) is 0.127. The molecule has 55 heavy (non-hydrogen) atoms. The molecule has 4 aromatic heterocycles. The van der Waals surface area contributed by atoms with Gasteiger partial charge >= 0.3 is 18.0 Å². The van der Waals surface area contributed by atoms with Gasteiger partial charge in [0.25, 0.3) is 0 Å². The van der Waals surface area contributed by atoms with Crippen LogP contribution in [0.1, 0.15) is 83.0 Å². The van der Waals surface area contributed by atoms with E-state index in [1.807, 2.05) is 39.1 Å². The second-order valence-corrected chi connectivity index (χ2v) is 17.2. The van der Waals surface area contributed by atoms with Gasteiger partial charge in [-0.05, 0) is 123 Å². The summed E-state index contributed by atoms with van der Waals surface area (Å²) in [6.45, 7) is 16.3. The lowest BCUT2D eigenvalue weighted by Crippen LogP contribution is -2.26. The fourth-order valence-electron chi connectivity index (χ4n) is 4.91. The lowest BCUT2D eigenvalue weighted by atomic mass is 10.1. The summed E-state index contributed by atoms with van der Waals surface area (Å²) in [5.41, 5.74) is 0.0635. The molecule has 0 radical (unpaired) electrons. The summed E-state index contributed by atoms with van der Waals surface area (Å²) in [6.07, 6.45) is 6.00. The number of nitrogens with zero attached hydrogens (tertiary/aromatic N) is 3. The van der Waals surface area contributed by atoms with Gasteiger partial charge in [0.2, 0.25) is 0 Å². The largest absolute Gasteiger partial charge is 0.456 e. The van der Waals surface area contributed by atoms with Crippen LogP contribution in [0.4, 0.5) is 4.79 Å². The van der Waals surface area contributed by atoms with Gasteiger partial charge in [0, 0.05) is 32.1 Å². The second kappa shape index (κ2) is 16.3. The summed E-state index contributed by atoms with van der Waals surface area (Å²) in [7, 11) is 0. The van der Waals surface area contributed by atoms with Gasteiger partial charge < -0.3 is 28.7 Å². The molecule has 6 aromatic rings. The Labute approximate surface area is 335 Å². The summed E-state index contributed by atoms with van der Waals surface area (Å²) in [5, 5.41) is 1.62. The van der Waals surface area contributed by atoms with Crippen LogP contribution in [0.5, 0.6) is 23.0 Å². The van der Waals surface area contributed by atoms with E-state index in [0.717, 1.165) is 20.0 Å². The molecule has 0 atom stereocenters. The lowest BCUT2D eigenvalue weighted by molar-refractivity contribution is 0.00542. The van der Waals surface area contributed by atoms with Gasteiger partial charge in [0.05, 0.1) is 12.4 Å². The van der Waals surface area contributed by atoms with Crippen molar-refractivity contribution in [1.82, 2.24) is 19.5 Å². The lowest BCUT2D eigenvalue weighted by Gasteiger charge is -2.20. The molecule has 14 heteroatoms. The molecule has 12 nitrogen and oxygen atoms in total. The molecule has 0 aliphatic rings. The average molecular weight is 879 g/mol. The molecule has 0 fully saturated rings. The predicted molar refractivity (Wildman–Crippen MR) is 216 cm³/mol. The van der Waals surface area contributed by atoms with Crippen molar-refractivity contribution < 1.29 is 38.1 Å². The minimum atomic E-state index is -0.632. The van der Waals surface area contributed by atoms with Crippen LogP contribution in [0, 0.1) is 0 Å². The molecule has 0 saturated heterocycles. The Morgan fingerprint density at radius 3 is 1.62 bits per heavy atom. The minimum absolute atomic E-state index is 0.296. The molecule has 0 saturated carbocycles. The van der Waals surface area contributed by atoms with E-state index in [0.29, 0.717) is 45.2 Å². The van der Waals surface area contributed by atoms with Crippen molar-refractivity contribution in [2.24, 2.45) is 0 Å². The maximum Gasteiger partial charge on any atom is 0.420 e. The SMILES string of the molecule is CC(C)(C)OC(=O)c1ccc(Br)cc1Oc1cnc2[nH]ccc2c1.CC(C)(C)OC(=O)c1ccc(Br)cc1Oc1cnc2c(ccn2C(=O)OC(C)(C)C)c1. The summed E-state index contributed by atoms with van der Waals surface area (Å²) < 4.78 is 31.1. The predicted octanol–water partition coefficient (Wildman–Crippen LogP) is 11.4. The molecule has 0 bridgehead atoms. The van der Waals surface area contributed by atoms with Crippen LogP contribution < -0.4 is 9.47 Å². The summed E-state index contributed by atoms with van der Waals surface area (Å²) in [5.74, 6) is 0.787. The zero-order chi connectivity index (χ0) is 40.3. The van der Waals surface area contributed by atoms with Crippen molar-refractivity contribution in [2.75, 3.05) is 0 Å². The molecule has 0 unspecified atom stereocenters. The van der Waals surface area contributed by atoms with E-state index < -0.39 is 34.8 Å². The number of H-pyrrole nitrogens is 1. The van der Waals surface area contributed by atoms with Crippen LogP contribution in [-0.2, 0) is 14.2 Å². The normalized spacial score (nSPS) is 11.8. The van der Waals surface area contributed by atoms with Crippen LogP contribution in [0.15, 0.2) is 94.4 Å². The first-order valence-corrected chi connectivity index (χ1v) is 18.8. The van der Waals surface area contributed by atoms with Crippen LogP contribution in [0.2, 0.25) is 0 Å². The van der Waals surface area contributed by atoms with E-state index in [2.05, 4.69) is 46.8 Å². The number of halogens is 2. The van der Waals surface area contributed by atoms with Gasteiger partial charge in [0.1, 0.15) is 62.2 Å². The van der Waals surface area contributed by atoms with Crippen molar-refractivity contribution in [1.29, 1.82) is 0 Å². The molecular formula is C41H42Br2N4O8. The summed E-state index contributed by atoms with van der Waals surface area (Å²) in [6, 6.07) is 17.5. The van der Waals surface area contributed by atoms with E-state index in [9.17, 15) is 14.4 Å². The van der Waals surface area contributed by atoms with Gasteiger partial charge in [-0.2, -0.15) is 0 Å². The van der Waals surface area contributed by atoms with Crippen LogP contribution in [0.3, 0.4) is 0 Å². The molecule has 288 valence electrons. The van der Waals surface area contributed by atoms with E-state index in [1.54, 1.807) is 102 Å². The number of benzene rings is 2. The van der Waals surface area contributed by atoms with E-state index in [1.165, 1.54) is 10.8 Å². The second-order valence-electron chi connectivity index (χ2n) is 15.3. The topological polar surface area (TPSA) is 144 Å². The Morgan fingerprint density at radius 1 is 0.618 bits per heavy atom. The fraction of sp³-hybridized carbons (Fsp3) is 0.293. The van der Waals surface area contributed by atoms with Crippen molar-refractivity contribution in [3.63, 3.8) is 0 Å². The Balaban J connectivity index is 0.000000218. The number of esters is 2. The standard InChI is InChI=1S/C23H25BrN2O5.C18H17BrN2O3/c1-22(2,3)30-20(27)17-8-7-15(24)12-18(17)29-16-11-14-9-10-26(19(14)25-13-16)21(28)31-23(4,5)6;1-18(2,3)24-17(22)14-5-4-12(19)9-15(14)23-13-8-11-6-7-20-16(11)21-10-13/h7-13H,1-6H3;4-10H,1-3H3,(H,20,21). The maximum absolute atomic E-state index is 12.6. The zero-order valence-corrected chi connectivity index (χ0v) is 35.1. The van der Waals surface area contributed by atoms with E-state index in [-0.39, 0.29) is 0 Å². The molecule has 0 aliphatic heterocycles. The Morgan fingerprint density at radius 2 is 1.11 bits per heavy atom. The first kappa shape index (κ1) is 41.0. The number of hydrogen-bond acceptors (Lipinski definition) is 10. The maximum atomic E-state index is 12.6. The molecule has 6 rings (SSSR count). The van der Waals surface area contributed by atoms with Crippen molar-refractivity contribution in [3.05, 3.63) is 106 Å². The fourth-order valence-corrected chi connectivity index (χ4v) is 5.59. The number of rotatable bonds is 6. The first-order chi connectivity index (χ1) is 25.6. The molecule has 1 N–H and O–H groups in total. The van der Waals surface area contributed by atoms with Gasteiger partial charge in [-0.1, -0.05) is 31.9 Å². The highest BCUT2D eigenvalue weighted by Gasteiger charge is 2.24. The average Bonchev–Trinajstić information content (AvgIpc) is 3.69. The molecule has 0 aliphatic carbocycles. The third kappa shape index (κ3) is 11.4. The molecule has 2 aromatic carbocycles. The van der Waals surface area contributed by atoms with Gasteiger partial charge in [-0.3, -0.25) is 0 Å². The number of ether oxygens (including phenoxy) is 5. The summed E-state index contributed by atoms with van der Waals surface area (Å²) in [4.78, 5) is 49.1. The highest BCUT2D eigenvalue weighted by Crippen LogP contribution is 2.33. The van der Waals surface area contributed by atoms with Crippen molar-refractivity contribution in [2.45, 2.75) is 79.1 Å². The number of aromatic nitrogens is 4. The number of aromatic amines is 1. The summed E-state index contributed by atoms with van der Waals surface area (Å²) >= 11 is 6.80. The number of nitrogens with one attached hydrogen (secondary N) is 1. The molecule has 0 amide bonds. The third-order valence-electron chi connectivity index (χ3n) is 7.05. The number of fused-ring (bicyclic) bond motifs is 2. The van der Waals surface area contributed by atoms with Crippen LogP contribution in [0.25, 0.3) is 22.1 Å². The molecular weight excluding hydrogens is 836 g/mol. The Hall–Kier alpha value is -5.21. The van der Waals surface area contributed by atoms with E-state index in [4.69, 9.17) is 23.7 Å². The zero-order valence-electron chi connectivity index (χ0n) is 31.9. The third-order valence-corrected chi connectivity index (χ3v) is 8.03.